The monoisotopic (exact) mass is 337 g/mol. The number of alkyl halides is 1. The van der Waals surface area contributed by atoms with Crippen LogP contribution in [-0.2, 0) is 14.6 Å². The Morgan fingerprint density at radius 1 is 1.28 bits per heavy atom. The number of halogens is 1. The second-order valence-corrected chi connectivity index (χ2v) is 9.00. The molecule has 1 heterocycles. The van der Waals surface area contributed by atoms with Gasteiger partial charge in [-0.1, -0.05) is 22.4 Å². The van der Waals surface area contributed by atoms with Gasteiger partial charge in [-0.2, -0.15) is 0 Å². The van der Waals surface area contributed by atoms with E-state index < -0.39 is 9.84 Å². The molecular formula is C12H20BrNO3S. The van der Waals surface area contributed by atoms with E-state index in [1.54, 1.807) is 0 Å². The zero-order chi connectivity index (χ0) is 13.2. The predicted octanol–water partition coefficient (Wildman–Crippen LogP) is 1.49. The van der Waals surface area contributed by atoms with E-state index in [1.807, 2.05) is 0 Å². The quantitative estimate of drug-likeness (QED) is 0.793. The Morgan fingerprint density at radius 2 is 2.06 bits per heavy atom. The molecule has 2 rings (SSSR count). The van der Waals surface area contributed by atoms with E-state index in [0.717, 1.165) is 12.8 Å². The van der Waals surface area contributed by atoms with Gasteiger partial charge in [0.15, 0.2) is 9.84 Å². The van der Waals surface area contributed by atoms with Crippen LogP contribution >= 0.6 is 15.9 Å². The normalized spacial score (nSPS) is 35.3. The highest BCUT2D eigenvalue weighted by atomic mass is 79.9. The van der Waals surface area contributed by atoms with Crippen molar-refractivity contribution in [1.82, 2.24) is 5.32 Å². The van der Waals surface area contributed by atoms with E-state index in [-0.39, 0.29) is 23.3 Å². The van der Waals surface area contributed by atoms with Crippen LogP contribution in [0.2, 0.25) is 0 Å². The predicted molar refractivity (Wildman–Crippen MR) is 74.4 cm³/mol. The highest BCUT2D eigenvalue weighted by Crippen LogP contribution is 2.28. The molecule has 2 fully saturated rings. The lowest BCUT2D eigenvalue weighted by atomic mass is 9.89. The Bertz CT molecular complexity index is 410. The zero-order valence-corrected chi connectivity index (χ0v) is 12.8. The van der Waals surface area contributed by atoms with Crippen molar-refractivity contribution in [2.24, 2.45) is 11.8 Å². The van der Waals surface area contributed by atoms with Gasteiger partial charge >= 0.3 is 0 Å². The summed E-state index contributed by atoms with van der Waals surface area (Å²) in [6.07, 6.45) is 5.16. The topological polar surface area (TPSA) is 63.2 Å². The van der Waals surface area contributed by atoms with Gasteiger partial charge < -0.3 is 5.32 Å². The fourth-order valence-corrected chi connectivity index (χ4v) is 5.40. The molecule has 2 aliphatic rings. The molecule has 6 heteroatoms. The summed E-state index contributed by atoms with van der Waals surface area (Å²) in [5.74, 6) is 0.332. The first-order chi connectivity index (χ1) is 8.46. The van der Waals surface area contributed by atoms with Crippen LogP contribution in [0.4, 0.5) is 0 Å². The summed E-state index contributed by atoms with van der Waals surface area (Å²) in [5.41, 5.74) is 0. The summed E-state index contributed by atoms with van der Waals surface area (Å²) in [6, 6.07) is 0. The molecule has 0 bridgehead atoms. The van der Waals surface area contributed by atoms with Crippen molar-refractivity contribution in [3.05, 3.63) is 0 Å². The van der Waals surface area contributed by atoms with Gasteiger partial charge in [-0.05, 0) is 31.6 Å². The maximum absolute atomic E-state index is 11.9. The van der Waals surface area contributed by atoms with Gasteiger partial charge in [0.05, 0.1) is 17.4 Å². The molecule has 1 amide bonds. The first-order valence-electron chi connectivity index (χ1n) is 6.58. The fraction of sp³-hybridized carbons (Fsp3) is 0.917. The summed E-state index contributed by atoms with van der Waals surface area (Å²) < 4.78 is 22.6. The molecule has 0 aromatic rings. The molecule has 4 nitrogen and oxygen atoms in total. The number of carbonyl (C=O) groups is 1. The molecule has 1 saturated carbocycles. The number of nitrogens with one attached hydrogen (secondary N) is 1. The zero-order valence-electron chi connectivity index (χ0n) is 10.4. The van der Waals surface area contributed by atoms with E-state index in [4.69, 9.17) is 0 Å². The van der Waals surface area contributed by atoms with Gasteiger partial charge in [-0.15, -0.1) is 0 Å². The van der Waals surface area contributed by atoms with Crippen LogP contribution in [0.5, 0.6) is 0 Å². The van der Waals surface area contributed by atoms with Crippen molar-refractivity contribution in [2.75, 3.05) is 18.1 Å². The van der Waals surface area contributed by atoms with Crippen LogP contribution in [0.15, 0.2) is 0 Å². The standard InChI is InChI=1S/C12H20BrNO3S/c13-11-3-1-2-9(6-11)7-14-12(15)10-4-5-18(16,17)8-10/h9-11H,1-8H2,(H,14,15). The SMILES string of the molecule is O=C(NCC1CCCC(Br)C1)C1CCS(=O)(=O)C1. The van der Waals surface area contributed by atoms with Gasteiger partial charge in [0.2, 0.25) is 5.91 Å². The summed E-state index contributed by atoms with van der Waals surface area (Å²) in [4.78, 5) is 12.4. The number of rotatable bonds is 3. The van der Waals surface area contributed by atoms with Crippen LogP contribution in [0, 0.1) is 11.8 Å². The van der Waals surface area contributed by atoms with Crippen molar-refractivity contribution >= 4 is 31.7 Å². The molecule has 18 heavy (non-hydrogen) atoms. The number of hydrogen-bond donors (Lipinski definition) is 1. The van der Waals surface area contributed by atoms with E-state index in [2.05, 4.69) is 21.2 Å². The summed E-state index contributed by atoms with van der Waals surface area (Å²) in [6.45, 7) is 0.692. The Labute approximate surface area is 117 Å². The number of carbonyl (C=O) groups excluding carboxylic acids is 1. The first kappa shape index (κ1) is 14.3. The molecule has 0 spiro atoms. The third kappa shape index (κ3) is 3.95. The largest absolute Gasteiger partial charge is 0.356 e. The Hall–Kier alpha value is -0.100. The number of hydrogen-bond acceptors (Lipinski definition) is 3. The molecule has 3 atom stereocenters. The Kier molecular flexibility index (Phi) is 4.69. The van der Waals surface area contributed by atoms with Crippen LogP contribution in [0.3, 0.4) is 0 Å². The molecule has 104 valence electrons. The maximum atomic E-state index is 11.9. The average molecular weight is 338 g/mol. The van der Waals surface area contributed by atoms with Crippen LogP contribution in [-0.4, -0.2) is 37.2 Å². The minimum atomic E-state index is -2.96. The smallest absolute Gasteiger partial charge is 0.224 e. The molecule has 1 saturated heterocycles. The third-order valence-corrected chi connectivity index (χ3v) is 6.49. The number of amides is 1. The number of sulfone groups is 1. The van der Waals surface area contributed by atoms with Crippen molar-refractivity contribution in [3.8, 4) is 0 Å². The fourth-order valence-electron chi connectivity index (χ4n) is 2.80. The van der Waals surface area contributed by atoms with Gasteiger partial charge in [-0.25, -0.2) is 8.42 Å². The minimum Gasteiger partial charge on any atom is -0.356 e. The molecule has 1 aliphatic heterocycles. The van der Waals surface area contributed by atoms with Crippen molar-refractivity contribution in [2.45, 2.75) is 36.9 Å². The molecule has 1 N–H and O–H groups in total. The lowest BCUT2D eigenvalue weighted by molar-refractivity contribution is -0.124. The lowest BCUT2D eigenvalue weighted by Crippen LogP contribution is -2.36. The van der Waals surface area contributed by atoms with E-state index >= 15 is 0 Å². The summed E-state index contributed by atoms with van der Waals surface area (Å²) in [5, 5.41) is 2.93. The minimum absolute atomic E-state index is 0.0323. The molecular weight excluding hydrogens is 318 g/mol. The maximum Gasteiger partial charge on any atom is 0.224 e. The highest BCUT2D eigenvalue weighted by Gasteiger charge is 2.33. The summed E-state index contributed by atoms with van der Waals surface area (Å²) in [7, 11) is -2.96. The Morgan fingerprint density at radius 3 is 2.67 bits per heavy atom. The van der Waals surface area contributed by atoms with Crippen molar-refractivity contribution in [1.29, 1.82) is 0 Å². The molecule has 3 unspecified atom stereocenters. The molecule has 1 aliphatic carbocycles. The Balaban J connectivity index is 1.75. The average Bonchev–Trinajstić information content (AvgIpc) is 2.67. The van der Waals surface area contributed by atoms with E-state index in [9.17, 15) is 13.2 Å². The van der Waals surface area contributed by atoms with Crippen molar-refractivity contribution in [3.63, 3.8) is 0 Å². The molecule has 0 aromatic heterocycles. The van der Waals surface area contributed by atoms with Crippen LogP contribution in [0.25, 0.3) is 0 Å². The van der Waals surface area contributed by atoms with Gasteiger partial charge in [0, 0.05) is 11.4 Å². The van der Waals surface area contributed by atoms with Crippen LogP contribution < -0.4 is 5.32 Å². The van der Waals surface area contributed by atoms with Crippen LogP contribution in [0.1, 0.15) is 32.1 Å². The highest BCUT2D eigenvalue weighted by molar-refractivity contribution is 9.09. The van der Waals surface area contributed by atoms with Crippen molar-refractivity contribution < 1.29 is 13.2 Å². The van der Waals surface area contributed by atoms with E-state index in [0.29, 0.717) is 23.7 Å². The van der Waals surface area contributed by atoms with E-state index in [1.165, 1.54) is 12.8 Å². The third-order valence-electron chi connectivity index (χ3n) is 3.89. The first-order valence-corrected chi connectivity index (χ1v) is 9.32. The summed E-state index contributed by atoms with van der Waals surface area (Å²) >= 11 is 3.62. The lowest BCUT2D eigenvalue weighted by Gasteiger charge is -2.26. The second-order valence-electron chi connectivity index (χ2n) is 5.48. The second kappa shape index (κ2) is 5.90. The van der Waals surface area contributed by atoms with Gasteiger partial charge in [0.25, 0.3) is 0 Å². The molecule has 0 radical (unpaired) electrons. The van der Waals surface area contributed by atoms with Gasteiger partial charge in [-0.3, -0.25) is 4.79 Å². The molecule has 0 aromatic carbocycles. The van der Waals surface area contributed by atoms with Gasteiger partial charge in [0.1, 0.15) is 0 Å².